The minimum atomic E-state index is -0.141. The van der Waals surface area contributed by atoms with Gasteiger partial charge in [-0.25, -0.2) is 0 Å². The van der Waals surface area contributed by atoms with Gasteiger partial charge in [-0.2, -0.15) is 0 Å². The molecule has 13 heavy (non-hydrogen) atoms. The molecule has 3 nitrogen and oxygen atoms in total. The van der Waals surface area contributed by atoms with Gasteiger partial charge in [-0.3, -0.25) is 14.9 Å². The maximum Gasteiger partial charge on any atom is 0.240 e. The Kier molecular flexibility index (Phi) is 3.78. The van der Waals surface area contributed by atoms with Gasteiger partial charge in [0, 0.05) is 0 Å². The predicted molar refractivity (Wildman–Crippen MR) is 53.5 cm³/mol. The minimum Gasteiger partial charge on any atom is -0.295 e. The number of thioether (sulfide) groups is 1. The van der Waals surface area contributed by atoms with Gasteiger partial charge in [0.2, 0.25) is 11.8 Å². The van der Waals surface area contributed by atoms with Crippen LogP contribution in [0.2, 0.25) is 0 Å². The molecule has 2 unspecified atom stereocenters. The summed E-state index contributed by atoms with van der Waals surface area (Å²) in [6, 6.07) is 0. The van der Waals surface area contributed by atoms with Gasteiger partial charge in [0.25, 0.3) is 0 Å². The second-order valence-corrected chi connectivity index (χ2v) is 4.54. The van der Waals surface area contributed by atoms with Crippen LogP contribution in [0.3, 0.4) is 0 Å². The number of nitrogens with one attached hydrogen (secondary N) is 1. The van der Waals surface area contributed by atoms with Gasteiger partial charge in [0.05, 0.1) is 11.2 Å². The molecular formula is C9H15NO2S. The summed E-state index contributed by atoms with van der Waals surface area (Å²) in [7, 11) is 0. The van der Waals surface area contributed by atoms with E-state index in [1.807, 2.05) is 13.8 Å². The van der Waals surface area contributed by atoms with Crippen LogP contribution in [0.4, 0.5) is 0 Å². The Bertz CT molecular complexity index is 196. The Balaban J connectivity index is 2.65. The van der Waals surface area contributed by atoms with Crippen LogP contribution in [0.1, 0.15) is 26.7 Å². The molecule has 0 saturated carbocycles. The summed E-state index contributed by atoms with van der Waals surface area (Å²) in [5.41, 5.74) is 0. The summed E-state index contributed by atoms with van der Waals surface area (Å²) < 4.78 is 0. The van der Waals surface area contributed by atoms with Crippen LogP contribution in [0, 0.1) is 5.92 Å². The zero-order chi connectivity index (χ0) is 9.84. The van der Waals surface area contributed by atoms with Crippen molar-refractivity contribution in [2.75, 3.05) is 5.75 Å². The van der Waals surface area contributed by atoms with Gasteiger partial charge in [-0.05, 0) is 12.2 Å². The summed E-state index contributed by atoms with van der Waals surface area (Å²) in [6.45, 7) is 4.04. The van der Waals surface area contributed by atoms with Gasteiger partial charge in [-0.15, -0.1) is 11.8 Å². The highest BCUT2D eigenvalue weighted by atomic mass is 32.2. The highest BCUT2D eigenvalue weighted by Crippen LogP contribution is 2.28. The molecule has 2 amide bonds. The minimum absolute atomic E-state index is 0.0854. The van der Waals surface area contributed by atoms with Crippen molar-refractivity contribution in [1.82, 2.24) is 5.32 Å². The fraction of sp³-hybridized carbons (Fsp3) is 0.778. The van der Waals surface area contributed by atoms with Crippen molar-refractivity contribution in [3.8, 4) is 0 Å². The zero-order valence-corrected chi connectivity index (χ0v) is 8.82. The summed E-state index contributed by atoms with van der Waals surface area (Å²) >= 11 is 1.57. The molecule has 1 fully saturated rings. The second kappa shape index (κ2) is 4.65. The van der Waals surface area contributed by atoms with E-state index in [0.29, 0.717) is 0 Å². The highest BCUT2D eigenvalue weighted by Gasteiger charge is 2.40. The monoisotopic (exact) mass is 201 g/mol. The molecule has 0 aliphatic carbocycles. The maximum absolute atomic E-state index is 11.3. The molecule has 1 heterocycles. The van der Waals surface area contributed by atoms with Crippen molar-refractivity contribution < 1.29 is 9.59 Å². The van der Waals surface area contributed by atoms with Crippen LogP contribution in [0.25, 0.3) is 0 Å². The topological polar surface area (TPSA) is 46.2 Å². The van der Waals surface area contributed by atoms with E-state index in [0.717, 1.165) is 18.6 Å². The van der Waals surface area contributed by atoms with Crippen LogP contribution in [0.5, 0.6) is 0 Å². The van der Waals surface area contributed by atoms with Crippen molar-refractivity contribution in [2.24, 2.45) is 5.92 Å². The third kappa shape index (κ3) is 2.24. The first-order valence-corrected chi connectivity index (χ1v) is 5.71. The van der Waals surface area contributed by atoms with E-state index in [4.69, 9.17) is 0 Å². The lowest BCUT2D eigenvalue weighted by Gasteiger charge is -2.12. The number of imide groups is 1. The molecule has 1 saturated heterocycles. The summed E-state index contributed by atoms with van der Waals surface area (Å²) in [6.07, 6.45) is 1.77. The molecule has 1 N–H and O–H groups in total. The van der Waals surface area contributed by atoms with Crippen LogP contribution < -0.4 is 5.32 Å². The first-order chi connectivity index (χ1) is 6.20. The Morgan fingerprint density at radius 2 is 2.00 bits per heavy atom. The first kappa shape index (κ1) is 10.6. The number of carbonyl (C=O) groups excluding carboxylic acids is 2. The lowest BCUT2D eigenvalue weighted by atomic mass is 10.0. The SMILES string of the molecule is CCCC1C(=O)NC(=O)C1SCC. The molecular weight excluding hydrogens is 186 g/mol. The summed E-state index contributed by atoms with van der Waals surface area (Å²) in [5, 5.41) is 2.25. The number of amides is 2. The molecule has 0 bridgehead atoms. The summed E-state index contributed by atoms with van der Waals surface area (Å²) in [5.74, 6) is 0.599. The van der Waals surface area contributed by atoms with Crippen LogP contribution in [0.15, 0.2) is 0 Å². The Hall–Kier alpha value is -0.510. The van der Waals surface area contributed by atoms with E-state index in [2.05, 4.69) is 5.32 Å². The first-order valence-electron chi connectivity index (χ1n) is 4.67. The summed E-state index contributed by atoms with van der Waals surface area (Å²) in [4.78, 5) is 22.6. The van der Waals surface area contributed by atoms with Gasteiger partial charge in [-0.1, -0.05) is 20.3 Å². The van der Waals surface area contributed by atoms with Gasteiger partial charge < -0.3 is 0 Å². The molecule has 0 radical (unpaired) electrons. The third-order valence-electron chi connectivity index (χ3n) is 2.15. The fourth-order valence-corrected chi connectivity index (χ4v) is 2.63. The molecule has 0 spiro atoms. The molecule has 2 atom stereocenters. The smallest absolute Gasteiger partial charge is 0.240 e. The van der Waals surface area contributed by atoms with Crippen molar-refractivity contribution in [3.05, 3.63) is 0 Å². The second-order valence-electron chi connectivity index (χ2n) is 3.12. The number of hydrogen-bond acceptors (Lipinski definition) is 3. The molecule has 1 aliphatic rings. The molecule has 1 rings (SSSR count). The number of hydrogen-bond donors (Lipinski definition) is 1. The van der Waals surface area contributed by atoms with Gasteiger partial charge in [0.1, 0.15) is 0 Å². The molecule has 1 aliphatic heterocycles. The third-order valence-corrected chi connectivity index (χ3v) is 3.39. The average Bonchev–Trinajstić information content (AvgIpc) is 2.33. The molecule has 0 aromatic carbocycles. The highest BCUT2D eigenvalue weighted by molar-refractivity contribution is 8.00. The number of carbonyl (C=O) groups is 2. The van der Waals surface area contributed by atoms with E-state index >= 15 is 0 Å². The molecule has 0 aromatic rings. The lowest BCUT2D eigenvalue weighted by molar-refractivity contribution is -0.125. The Labute approximate surface area is 82.6 Å². The van der Waals surface area contributed by atoms with Crippen molar-refractivity contribution in [1.29, 1.82) is 0 Å². The van der Waals surface area contributed by atoms with Gasteiger partial charge in [0.15, 0.2) is 0 Å². The van der Waals surface area contributed by atoms with E-state index in [9.17, 15) is 9.59 Å². The Morgan fingerprint density at radius 3 is 2.54 bits per heavy atom. The average molecular weight is 201 g/mol. The van der Waals surface area contributed by atoms with E-state index in [1.54, 1.807) is 11.8 Å². The normalized spacial score (nSPS) is 27.8. The molecule has 4 heteroatoms. The molecule has 74 valence electrons. The maximum atomic E-state index is 11.3. The fourth-order valence-electron chi connectivity index (χ4n) is 1.57. The molecule has 0 aromatic heterocycles. The van der Waals surface area contributed by atoms with E-state index in [-0.39, 0.29) is 23.0 Å². The lowest BCUT2D eigenvalue weighted by Crippen LogP contribution is -2.23. The predicted octanol–water partition coefficient (Wildman–Crippen LogP) is 1.18. The number of rotatable bonds is 4. The standard InChI is InChI=1S/C9H15NO2S/c1-3-5-6-7(13-4-2)9(12)10-8(6)11/h6-7H,3-5H2,1-2H3,(H,10,11,12). The van der Waals surface area contributed by atoms with Gasteiger partial charge >= 0.3 is 0 Å². The van der Waals surface area contributed by atoms with Crippen molar-refractivity contribution in [3.63, 3.8) is 0 Å². The van der Waals surface area contributed by atoms with Crippen LogP contribution in [-0.4, -0.2) is 22.8 Å². The van der Waals surface area contributed by atoms with Crippen LogP contribution in [-0.2, 0) is 9.59 Å². The Morgan fingerprint density at radius 1 is 1.31 bits per heavy atom. The van der Waals surface area contributed by atoms with E-state index in [1.165, 1.54) is 0 Å². The zero-order valence-electron chi connectivity index (χ0n) is 8.00. The van der Waals surface area contributed by atoms with E-state index < -0.39 is 0 Å². The quantitative estimate of drug-likeness (QED) is 0.695. The largest absolute Gasteiger partial charge is 0.295 e. The van der Waals surface area contributed by atoms with Crippen LogP contribution >= 0.6 is 11.8 Å². The van der Waals surface area contributed by atoms with Crippen molar-refractivity contribution >= 4 is 23.6 Å². The van der Waals surface area contributed by atoms with Crippen molar-refractivity contribution in [2.45, 2.75) is 31.9 Å².